The van der Waals surface area contributed by atoms with Crippen molar-refractivity contribution in [2.75, 3.05) is 48.4 Å². The van der Waals surface area contributed by atoms with E-state index < -0.39 is 102 Å². The van der Waals surface area contributed by atoms with Crippen molar-refractivity contribution in [2.45, 2.75) is 173 Å². The number of Topliss-reactive ketones (excluding diaryl/α,β-unsaturated/α-hetero) is 1. The monoisotopic (exact) mass is 833 g/mol. The Kier molecular flexibility index (Phi) is 18.0. The fraction of sp³-hybridized carbons (Fsp3) is 0.881. The molecule has 0 aromatic heterocycles. The Morgan fingerprint density at radius 3 is 2.04 bits per heavy atom. The quantitative estimate of drug-likeness (QED) is 0.181. The van der Waals surface area contributed by atoms with E-state index >= 15 is 0 Å². The minimum absolute atomic E-state index is 0.0358. The van der Waals surface area contributed by atoms with Crippen molar-refractivity contribution in [1.82, 2.24) is 4.90 Å². The van der Waals surface area contributed by atoms with Gasteiger partial charge in [-0.15, -0.1) is 11.6 Å². The van der Waals surface area contributed by atoms with Gasteiger partial charge in [0.05, 0.1) is 41.5 Å². The molecule has 0 bridgehead atoms. The summed E-state index contributed by atoms with van der Waals surface area (Å²) >= 11 is 5.89. The van der Waals surface area contributed by atoms with Gasteiger partial charge in [-0.25, -0.2) is 0 Å². The number of ketones is 1. The first-order valence-electron chi connectivity index (χ1n) is 20.2. The van der Waals surface area contributed by atoms with E-state index in [4.69, 9.17) is 59.0 Å². The van der Waals surface area contributed by atoms with Crippen molar-refractivity contribution in [2.24, 2.45) is 17.8 Å². The third-order valence-corrected chi connectivity index (χ3v) is 12.7. The van der Waals surface area contributed by atoms with Crippen LogP contribution >= 0.6 is 11.6 Å². The average molecular weight is 834 g/mol. The normalized spacial score (nSPS) is 43.8. The predicted molar refractivity (Wildman–Crippen MR) is 214 cm³/mol. The number of ether oxygens (including phenoxy) is 10. The maximum absolute atomic E-state index is 14.6. The number of hydrogen-bond donors (Lipinski definition) is 0. The van der Waals surface area contributed by atoms with Gasteiger partial charge in [-0.1, -0.05) is 20.8 Å². The Morgan fingerprint density at radius 2 is 1.51 bits per heavy atom. The second-order valence-electron chi connectivity index (χ2n) is 17.2. The van der Waals surface area contributed by atoms with Crippen LogP contribution in [0.25, 0.3) is 0 Å². The van der Waals surface area contributed by atoms with Crippen molar-refractivity contribution in [1.29, 1.82) is 0 Å². The molecule has 2 saturated heterocycles. The summed E-state index contributed by atoms with van der Waals surface area (Å²) in [7, 11) is 10.4. The third-order valence-electron chi connectivity index (χ3n) is 12.5. The topological polar surface area (TPSA) is 147 Å². The standard InChI is InChI=1S/C42H72ClNO13/c1-17-30-40(8,57-31(45)22-43)19-23(2)33(46)24(3)20-41(9,50-15)36(56-39-35(48-13)29(44(11)12)18-25(4)52-39)26(5)34(27(6)38(47)54-30)55-32-21-42(10,51-16)37(49-14)28(7)53-32/h19,24-30,32,34-37,39H,17-18,20-22H2,1-16H3/b23-19+/t24-,25-,26+,27-,28+,29+,30-,32+,34+,35-,36-,37+,39+,40+,41-,42-/m1/s1. The first-order valence-corrected chi connectivity index (χ1v) is 20.8. The maximum Gasteiger partial charge on any atom is 0.321 e. The predicted octanol–water partition coefficient (Wildman–Crippen LogP) is 5.49. The molecule has 15 heteroatoms. The van der Waals surface area contributed by atoms with Crippen LogP contribution in [0.2, 0.25) is 0 Å². The molecule has 330 valence electrons. The molecule has 0 spiro atoms. The van der Waals surface area contributed by atoms with Crippen molar-refractivity contribution in [3.05, 3.63) is 11.6 Å². The largest absolute Gasteiger partial charge is 0.457 e. The fourth-order valence-corrected chi connectivity index (χ4v) is 9.34. The van der Waals surface area contributed by atoms with E-state index in [-0.39, 0.29) is 37.2 Å². The summed E-state index contributed by atoms with van der Waals surface area (Å²) in [5.41, 5.74) is -3.15. The lowest BCUT2D eigenvalue weighted by atomic mass is 9.76. The Hall–Kier alpha value is -1.72. The molecule has 14 nitrogen and oxygen atoms in total. The molecule has 3 heterocycles. The number of likely N-dealkylation sites (N-methyl/N-ethyl adjacent to an activating group) is 1. The molecular formula is C42H72ClNO13. The highest BCUT2D eigenvalue weighted by Crippen LogP contribution is 2.42. The molecule has 0 amide bonds. The Balaban J connectivity index is 2.29. The summed E-state index contributed by atoms with van der Waals surface area (Å²) in [6.07, 6.45) is -2.93. The second-order valence-corrected chi connectivity index (χ2v) is 17.4. The number of halogens is 1. The number of hydrogen-bond acceptors (Lipinski definition) is 14. The van der Waals surface area contributed by atoms with Crippen LogP contribution in [-0.2, 0) is 61.8 Å². The number of alkyl halides is 1. The molecule has 3 aliphatic rings. The summed E-state index contributed by atoms with van der Waals surface area (Å²) in [5, 5.41) is 0. The van der Waals surface area contributed by atoms with E-state index in [1.165, 1.54) is 0 Å². The van der Waals surface area contributed by atoms with Crippen LogP contribution in [0.4, 0.5) is 0 Å². The van der Waals surface area contributed by atoms with E-state index in [2.05, 4.69) is 4.90 Å². The molecule has 3 aliphatic heterocycles. The highest BCUT2D eigenvalue weighted by molar-refractivity contribution is 6.26. The van der Waals surface area contributed by atoms with Gasteiger partial charge in [0.15, 0.2) is 24.0 Å². The van der Waals surface area contributed by atoms with Gasteiger partial charge >= 0.3 is 11.9 Å². The zero-order chi connectivity index (χ0) is 43.2. The third kappa shape index (κ3) is 11.4. The second kappa shape index (κ2) is 20.7. The highest BCUT2D eigenvalue weighted by Gasteiger charge is 2.53. The summed E-state index contributed by atoms with van der Waals surface area (Å²) in [5.74, 6) is -4.16. The van der Waals surface area contributed by atoms with E-state index in [9.17, 15) is 14.4 Å². The highest BCUT2D eigenvalue weighted by atomic mass is 35.5. The van der Waals surface area contributed by atoms with E-state index in [0.717, 1.165) is 0 Å². The Morgan fingerprint density at radius 1 is 0.895 bits per heavy atom. The number of allylic oxidation sites excluding steroid dienone is 1. The summed E-state index contributed by atoms with van der Waals surface area (Å²) < 4.78 is 63.4. The van der Waals surface area contributed by atoms with Gasteiger partial charge in [-0.2, -0.15) is 0 Å². The summed E-state index contributed by atoms with van der Waals surface area (Å²) in [6.45, 7) is 18.3. The van der Waals surface area contributed by atoms with Crippen molar-refractivity contribution in [3.8, 4) is 0 Å². The van der Waals surface area contributed by atoms with Crippen molar-refractivity contribution in [3.63, 3.8) is 0 Å². The zero-order valence-electron chi connectivity index (χ0n) is 37.3. The lowest BCUT2D eigenvalue weighted by Gasteiger charge is -2.50. The molecule has 57 heavy (non-hydrogen) atoms. The molecule has 3 rings (SSSR count). The van der Waals surface area contributed by atoms with Crippen molar-refractivity contribution < 1.29 is 61.8 Å². The van der Waals surface area contributed by atoms with E-state index in [1.54, 1.807) is 55.3 Å². The van der Waals surface area contributed by atoms with Crippen LogP contribution in [0.15, 0.2) is 11.6 Å². The van der Waals surface area contributed by atoms with Crippen LogP contribution in [0, 0.1) is 17.8 Å². The molecule has 0 aliphatic carbocycles. The number of carbonyl (C=O) groups excluding carboxylic acids is 3. The lowest BCUT2D eigenvalue weighted by Crippen LogP contribution is -2.61. The van der Waals surface area contributed by atoms with Gasteiger partial charge in [0.1, 0.15) is 24.2 Å². The molecule has 0 aromatic rings. The number of carbonyl (C=O) groups is 3. The van der Waals surface area contributed by atoms with Gasteiger partial charge < -0.3 is 52.3 Å². The molecule has 0 radical (unpaired) electrons. The fourth-order valence-electron chi connectivity index (χ4n) is 9.29. The minimum atomic E-state index is -1.53. The molecule has 0 unspecified atom stereocenters. The molecule has 0 aromatic carbocycles. The zero-order valence-corrected chi connectivity index (χ0v) is 38.0. The minimum Gasteiger partial charge on any atom is -0.457 e. The van der Waals surface area contributed by atoms with Gasteiger partial charge in [-0.05, 0) is 93.5 Å². The Labute approximate surface area is 346 Å². The van der Waals surface area contributed by atoms with Crippen LogP contribution in [0.1, 0.15) is 94.9 Å². The number of cyclic esters (lactones) is 1. The lowest BCUT2D eigenvalue weighted by molar-refractivity contribution is -0.322. The molecule has 16 atom stereocenters. The number of methoxy groups -OCH3 is 4. The number of rotatable bonds is 12. The van der Waals surface area contributed by atoms with Crippen LogP contribution in [-0.4, -0.2) is 149 Å². The van der Waals surface area contributed by atoms with Crippen LogP contribution < -0.4 is 0 Å². The maximum atomic E-state index is 14.6. The van der Waals surface area contributed by atoms with Crippen molar-refractivity contribution >= 4 is 29.3 Å². The van der Waals surface area contributed by atoms with Gasteiger partial charge in [0.2, 0.25) is 0 Å². The molecular weight excluding hydrogens is 762 g/mol. The Bertz CT molecular complexity index is 1380. The summed E-state index contributed by atoms with van der Waals surface area (Å²) in [4.78, 5) is 43.6. The van der Waals surface area contributed by atoms with E-state index in [1.807, 2.05) is 62.6 Å². The van der Waals surface area contributed by atoms with E-state index in [0.29, 0.717) is 12.0 Å². The number of nitrogens with zero attached hydrogens (tertiary/aromatic N) is 1. The van der Waals surface area contributed by atoms with Gasteiger partial charge in [0, 0.05) is 52.7 Å². The molecule has 0 saturated carbocycles. The SMILES string of the molecule is CC[C@H]1OC(=O)[C@H](C)[C@@H](O[C@H]2C[C@@](C)(OC)[C@@H](OC)[C@H](C)O2)[C@H](C)[C@@H](O[C@@H]2O[C@H](C)C[C@H](N(C)C)[C@H]2OC)[C@](C)(OC)C[C@@H](C)C(=O)/C(C)=C/[C@]1(C)OC(=O)CCl. The number of esters is 2. The van der Waals surface area contributed by atoms with Crippen LogP contribution in [0.3, 0.4) is 0 Å². The average Bonchev–Trinajstić information content (AvgIpc) is 3.15. The first kappa shape index (κ1) is 49.6. The van der Waals surface area contributed by atoms with Gasteiger partial charge in [-0.3, -0.25) is 14.4 Å². The van der Waals surface area contributed by atoms with Gasteiger partial charge in [0.25, 0.3) is 0 Å². The molecule has 2 fully saturated rings. The molecule has 0 N–H and O–H groups in total. The first-order chi connectivity index (χ1) is 26.6. The smallest absolute Gasteiger partial charge is 0.321 e. The summed E-state index contributed by atoms with van der Waals surface area (Å²) in [6, 6.07) is -0.0358. The van der Waals surface area contributed by atoms with Crippen LogP contribution in [0.5, 0.6) is 0 Å².